The average molecular weight is 281 g/mol. The fourth-order valence-electron chi connectivity index (χ4n) is 2.01. The van der Waals surface area contributed by atoms with E-state index >= 15 is 0 Å². The number of phenolic OH excluding ortho intramolecular Hbond substituents is 1. The number of carbonyl (C=O) groups excluding carboxylic acids is 1. The van der Waals surface area contributed by atoms with Gasteiger partial charge in [0.25, 0.3) is 11.5 Å². The van der Waals surface area contributed by atoms with E-state index in [0.717, 1.165) is 10.8 Å². The number of hydrogen-bond acceptors (Lipinski definition) is 4. The van der Waals surface area contributed by atoms with Crippen molar-refractivity contribution >= 4 is 22.5 Å². The number of rotatable bonds is 2. The molecule has 0 unspecified atom stereocenters. The fourth-order valence-corrected chi connectivity index (χ4v) is 2.01. The van der Waals surface area contributed by atoms with Gasteiger partial charge in [-0.15, -0.1) is 0 Å². The van der Waals surface area contributed by atoms with E-state index in [-0.39, 0.29) is 22.7 Å². The summed E-state index contributed by atoms with van der Waals surface area (Å²) in [4.78, 5) is 23.1. The molecule has 0 bridgehead atoms. The zero-order valence-corrected chi connectivity index (χ0v) is 10.8. The number of phenols is 1. The highest BCUT2D eigenvalue weighted by Crippen LogP contribution is 2.25. The first kappa shape index (κ1) is 12.9. The van der Waals surface area contributed by atoms with Gasteiger partial charge in [0.15, 0.2) is 5.82 Å². The summed E-state index contributed by atoms with van der Waals surface area (Å²) in [6.45, 7) is 0. The van der Waals surface area contributed by atoms with Crippen LogP contribution in [0, 0.1) is 0 Å². The van der Waals surface area contributed by atoms with Crippen LogP contribution in [0.4, 0.5) is 5.82 Å². The number of aromatic hydroxyl groups is 1. The predicted molar refractivity (Wildman–Crippen MR) is 78.4 cm³/mol. The minimum Gasteiger partial charge on any atom is -0.507 e. The molecule has 1 heterocycles. The van der Waals surface area contributed by atoms with Gasteiger partial charge in [0.1, 0.15) is 5.75 Å². The minimum absolute atomic E-state index is 0.115. The molecule has 0 spiro atoms. The van der Waals surface area contributed by atoms with Crippen LogP contribution in [0.1, 0.15) is 10.4 Å². The number of nitrogens with one attached hydrogen (secondary N) is 2. The molecule has 3 N–H and O–H groups in total. The number of hydrogen-bond donors (Lipinski definition) is 3. The summed E-state index contributed by atoms with van der Waals surface area (Å²) in [5.41, 5.74) is -0.219. The third kappa shape index (κ3) is 2.59. The van der Waals surface area contributed by atoms with Gasteiger partial charge in [-0.3, -0.25) is 9.59 Å². The first-order chi connectivity index (χ1) is 10.1. The maximum Gasteiger partial charge on any atom is 0.264 e. The number of carbonyl (C=O) groups is 1. The molecular formula is C15H11N3O3. The molecule has 6 nitrogen and oxygen atoms in total. The molecular weight excluding hydrogens is 270 g/mol. The Balaban J connectivity index is 1.95. The molecule has 0 aliphatic heterocycles. The Labute approximate surface area is 119 Å². The van der Waals surface area contributed by atoms with E-state index in [1.807, 2.05) is 24.3 Å². The molecule has 0 radical (unpaired) electrons. The molecule has 1 amide bonds. The molecule has 0 aliphatic rings. The van der Waals surface area contributed by atoms with Crippen LogP contribution in [0.2, 0.25) is 0 Å². The van der Waals surface area contributed by atoms with Crippen LogP contribution in [0.5, 0.6) is 5.75 Å². The van der Waals surface area contributed by atoms with E-state index in [2.05, 4.69) is 15.5 Å². The molecule has 104 valence electrons. The van der Waals surface area contributed by atoms with Crippen molar-refractivity contribution in [2.24, 2.45) is 0 Å². The van der Waals surface area contributed by atoms with Gasteiger partial charge in [0, 0.05) is 6.07 Å². The molecule has 0 fully saturated rings. The van der Waals surface area contributed by atoms with E-state index in [1.54, 1.807) is 6.07 Å². The Morgan fingerprint density at radius 3 is 2.48 bits per heavy atom. The van der Waals surface area contributed by atoms with Gasteiger partial charge >= 0.3 is 0 Å². The fraction of sp³-hybridized carbons (Fsp3) is 0. The molecule has 0 aliphatic carbocycles. The van der Waals surface area contributed by atoms with Crippen LogP contribution in [-0.4, -0.2) is 21.2 Å². The Morgan fingerprint density at radius 1 is 1.10 bits per heavy atom. The number of nitrogens with zero attached hydrogens (tertiary/aromatic N) is 1. The summed E-state index contributed by atoms with van der Waals surface area (Å²) in [6, 6.07) is 13.2. The molecule has 2 aromatic carbocycles. The lowest BCUT2D eigenvalue weighted by atomic mass is 10.1. The van der Waals surface area contributed by atoms with Crippen molar-refractivity contribution in [3.8, 4) is 5.75 Å². The molecule has 0 atom stereocenters. The molecule has 0 saturated carbocycles. The zero-order valence-electron chi connectivity index (χ0n) is 10.8. The molecule has 1 aromatic heterocycles. The Morgan fingerprint density at radius 2 is 1.81 bits per heavy atom. The summed E-state index contributed by atoms with van der Waals surface area (Å²) in [7, 11) is 0. The number of anilines is 1. The van der Waals surface area contributed by atoms with E-state index < -0.39 is 5.91 Å². The van der Waals surface area contributed by atoms with Crippen molar-refractivity contribution in [3.63, 3.8) is 0 Å². The van der Waals surface area contributed by atoms with Gasteiger partial charge in [-0.2, -0.15) is 5.10 Å². The second kappa shape index (κ2) is 5.09. The van der Waals surface area contributed by atoms with Crippen LogP contribution in [-0.2, 0) is 0 Å². The molecule has 0 saturated heterocycles. The van der Waals surface area contributed by atoms with E-state index in [4.69, 9.17) is 0 Å². The molecule has 3 rings (SSSR count). The van der Waals surface area contributed by atoms with Gasteiger partial charge in [-0.25, -0.2) is 5.10 Å². The first-order valence-electron chi connectivity index (χ1n) is 6.22. The van der Waals surface area contributed by atoms with Gasteiger partial charge in [-0.05, 0) is 29.0 Å². The lowest BCUT2D eigenvalue weighted by Gasteiger charge is -2.07. The van der Waals surface area contributed by atoms with E-state index in [0.29, 0.717) is 0 Å². The lowest BCUT2D eigenvalue weighted by Crippen LogP contribution is -2.15. The average Bonchev–Trinajstić information content (AvgIpc) is 2.49. The minimum atomic E-state index is -0.502. The van der Waals surface area contributed by atoms with Crippen molar-refractivity contribution < 1.29 is 9.90 Å². The third-order valence-corrected chi connectivity index (χ3v) is 3.03. The van der Waals surface area contributed by atoms with E-state index in [9.17, 15) is 14.7 Å². The SMILES string of the molecule is O=C(Nc1ccc(=O)[nH]n1)c1cc2ccccc2cc1O. The molecule has 6 heteroatoms. The Kier molecular flexibility index (Phi) is 3.12. The van der Waals surface area contributed by atoms with Crippen molar-refractivity contribution in [2.75, 3.05) is 5.32 Å². The first-order valence-corrected chi connectivity index (χ1v) is 6.22. The predicted octanol–water partition coefficient (Wildman–Crippen LogP) is 1.88. The highest BCUT2D eigenvalue weighted by Gasteiger charge is 2.13. The van der Waals surface area contributed by atoms with Gasteiger partial charge in [0.05, 0.1) is 5.56 Å². The largest absolute Gasteiger partial charge is 0.507 e. The standard InChI is InChI=1S/C15H11N3O3/c19-12-8-10-4-2-1-3-9(10)7-11(12)15(21)16-13-5-6-14(20)18-17-13/h1-8,19H,(H,18,20)(H,16,17,21). The van der Waals surface area contributed by atoms with Crippen LogP contribution in [0.25, 0.3) is 10.8 Å². The number of H-pyrrole nitrogens is 1. The smallest absolute Gasteiger partial charge is 0.264 e. The van der Waals surface area contributed by atoms with Crippen LogP contribution in [0.15, 0.2) is 53.3 Å². The summed E-state index contributed by atoms with van der Waals surface area (Å²) < 4.78 is 0. The molecule has 21 heavy (non-hydrogen) atoms. The maximum absolute atomic E-state index is 12.2. The normalized spacial score (nSPS) is 10.5. The third-order valence-electron chi connectivity index (χ3n) is 3.03. The monoisotopic (exact) mass is 281 g/mol. The number of aromatic nitrogens is 2. The summed E-state index contributed by atoms with van der Waals surface area (Å²) in [5.74, 6) is -0.416. The second-order valence-corrected chi connectivity index (χ2v) is 4.48. The highest BCUT2D eigenvalue weighted by molar-refractivity contribution is 6.08. The van der Waals surface area contributed by atoms with Crippen LogP contribution >= 0.6 is 0 Å². The van der Waals surface area contributed by atoms with Crippen molar-refractivity contribution in [1.29, 1.82) is 0 Å². The van der Waals surface area contributed by atoms with Gasteiger partial charge < -0.3 is 10.4 Å². The highest BCUT2D eigenvalue weighted by atomic mass is 16.3. The number of fused-ring (bicyclic) bond motifs is 1. The van der Waals surface area contributed by atoms with Crippen LogP contribution < -0.4 is 10.9 Å². The van der Waals surface area contributed by atoms with Crippen molar-refractivity contribution in [3.05, 3.63) is 64.4 Å². The van der Waals surface area contributed by atoms with Crippen molar-refractivity contribution in [1.82, 2.24) is 10.2 Å². The number of aromatic amines is 1. The van der Waals surface area contributed by atoms with Crippen molar-refractivity contribution in [2.45, 2.75) is 0 Å². The topological polar surface area (TPSA) is 95.1 Å². The lowest BCUT2D eigenvalue weighted by molar-refractivity contribution is 0.102. The zero-order chi connectivity index (χ0) is 14.8. The maximum atomic E-state index is 12.2. The summed E-state index contributed by atoms with van der Waals surface area (Å²) in [6.07, 6.45) is 0. The van der Waals surface area contributed by atoms with E-state index in [1.165, 1.54) is 18.2 Å². The summed E-state index contributed by atoms with van der Waals surface area (Å²) in [5, 5.41) is 20.1. The Bertz CT molecular complexity index is 866. The second-order valence-electron chi connectivity index (χ2n) is 4.48. The number of amides is 1. The summed E-state index contributed by atoms with van der Waals surface area (Å²) >= 11 is 0. The Hall–Kier alpha value is -3.15. The van der Waals surface area contributed by atoms with Gasteiger partial charge in [-0.1, -0.05) is 24.3 Å². The quantitative estimate of drug-likeness (QED) is 0.668. The van der Waals surface area contributed by atoms with Crippen LogP contribution in [0.3, 0.4) is 0 Å². The van der Waals surface area contributed by atoms with Gasteiger partial charge in [0.2, 0.25) is 0 Å². The molecule has 3 aromatic rings. The number of benzene rings is 2.